The van der Waals surface area contributed by atoms with Crippen molar-refractivity contribution < 1.29 is 19.0 Å². The number of carbonyl (C=O) groups is 1. The Morgan fingerprint density at radius 2 is 1.95 bits per heavy atom. The summed E-state index contributed by atoms with van der Waals surface area (Å²) < 4.78 is 18.1. The maximum Gasteiger partial charge on any atom is 0.192 e. The van der Waals surface area contributed by atoms with Crippen LogP contribution in [0, 0.1) is 5.82 Å². The zero-order chi connectivity index (χ0) is 14.4. The number of morpholine rings is 1. The number of Topliss-reactive ketones (excluding diaryl/α,β-unsaturated/α-hetero) is 1. The van der Waals surface area contributed by atoms with Crippen LogP contribution in [0.5, 0.6) is 0 Å². The summed E-state index contributed by atoms with van der Waals surface area (Å²) in [7, 11) is 0. The van der Waals surface area contributed by atoms with Gasteiger partial charge in [0.25, 0.3) is 0 Å². The van der Waals surface area contributed by atoms with Gasteiger partial charge < -0.3 is 9.84 Å². The normalized spacial score (nSPS) is 17.1. The number of benzene rings is 1. The van der Waals surface area contributed by atoms with Gasteiger partial charge in [0.15, 0.2) is 5.78 Å². The molecule has 20 heavy (non-hydrogen) atoms. The van der Waals surface area contributed by atoms with Gasteiger partial charge in [-0.15, -0.1) is 0 Å². The van der Waals surface area contributed by atoms with E-state index in [-0.39, 0.29) is 11.6 Å². The number of ketones is 1. The molecule has 1 heterocycles. The fraction of sp³-hybridized carbons (Fsp3) is 0.400. The van der Waals surface area contributed by atoms with Crippen LogP contribution in [0.1, 0.15) is 16.8 Å². The molecule has 2 rings (SSSR count). The van der Waals surface area contributed by atoms with Crippen molar-refractivity contribution in [1.29, 1.82) is 0 Å². The smallest absolute Gasteiger partial charge is 0.192 e. The zero-order valence-electron chi connectivity index (χ0n) is 11.2. The summed E-state index contributed by atoms with van der Waals surface area (Å²) >= 11 is 0. The van der Waals surface area contributed by atoms with Gasteiger partial charge in [0.2, 0.25) is 0 Å². The highest BCUT2D eigenvalue weighted by atomic mass is 19.1. The van der Waals surface area contributed by atoms with Gasteiger partial charge in [-0.25, -0.2) is 4.39 Å². The predicted molar refractivity (Wildman–Crippen MR) is 73.3 cm³/mol. The minimum absolute atomic E-state index is 0.263. The van der Waals surface area contributed by atoms with Crippen molar-refractivity contribution in [1.82, 2.24) is 4.90 Å². The van der Waals surface area contributed by atoms with Crippen LogP contribution < -0.4 is 0 Å². The van der Waals surface area contributed by atoms with E-state index in [4.69, 9.17) is 4.74 Å². The lowest BCUT2D eigenvalue weighted by Gasteiger charge is -2.26. The molecule has 0 radical (unpaired) electrons. The van der Waals surface area contributed by atoms with Crippen molar-refractivity contribution in [2.24, 2.45) is 0 Å². The van der Waals surface area contributed by atoms with Crippen molar-refractivity contribution in [2.75, 3.05) is 32.8 Å². The van der Waals surface area contributed by atoms with Gasteiger partial charge in [-0.3, -0.25) is 9.69 Å². The van der Waals surface area contributed by atoms with E-state index >= 15 is 0 Å². The van der Waals surface area contributed by atoms with E-state index in [0.717, 1.165) is 19.4 Å². The Morgan fingerprint density at radius 1 is 1.30 bits per heavy atom. The lowest BCUT2D eigenvalue weighted by Crippen LogP contribution is -2.37. The number of carbonyl (C=O) groups excluding carboxylic acids is 1. The molecule has 1 aromatic rings. The third-order valence-corrected chi connectivity index (χ3v) is 3.35. The third-order valence-electron chi connectivity index (χ3n) is 3.35. The topological polar surface area (TPSA) is 49.8 Å². The van der Waals surface area contributed by atoms with Gasteiger partial charge in [-0.2, -0.15) is 0 Å². The average molecular weight is 279 g/mol. The summed E-state index contributed by atoms with van der Waals surface area (Å²) in [6, 6.07) is 5.33. The molecular formula is C15H18FNO3. The summed E-state index contributed by atoms with van der Waals surface area (Å²) in [5.41, 5.74) is 0.719. The number of hydrogen-bond donors (Lipinski definition) is 1. The molecule has 1 saturated heterocycles. The lowest BCUT2D eigenvalue weighted by molar-refractivity contribution is 0.0383. The molecule has 1 aromatic carbocycles. The van der Waals surface area contributed by atoms with Gasteiger partial charge in [-0.1, -0.05) is 0 Å². The SMILES string of the molecule is O=C(/C(=C/O)CCN1CCOCC1)c1ccc(F)cc1. The quantitative estimate of drug-likeness (QED) is 0.510. The zero-order valence-corrected chi connectivity index (χ0v) is 11.2. The van der Waals surface area contributed by atoms with Crippen molar-refractivity contribution in [3.8, 4) is 0 Å². The molecule has 0 unspecified atom stereocenters. The molecule has 1 N–H and O–H groups in total. The molecule has 0 saturated carbocycles. The van der Waals surface area contributed by atoms with Crippen molar-refractivity contribution >= 4 is 5.78 Å². The van der Waals surface area contributed by atoms with E-state index in [1.54, 1.807) is 0 Å². The molecule has 5 heteroatoms. The molecular weight excluding hydrogens is 261 g/mol. The van der Waals surface area contributed by atoms with E-state index in [0.29, 0.717) is 37.3 Å². The lowest BCUT2D eigenvalue weighted by atomic mass is 10.0. The molecule has 1 fully saturated rings. The van der Waals surface area contributed by atoms with E-state index in [2.05, 4.69) is 4.90 Å². The number of ether oxygens (including phenoxy) is 1. The molecule has 108 valence electrons. The monoisotopic (exact) mass is 279 g/mol. The highest BCUT2D eigenvalue weighted by Crippen LogP contribution is 2.13. The van der Waals surface area contributed by atoms with Crippen molar-refractivity contribution in [3.63, 3.8) is 0 Å². The molecule has 0 spiro atoms. The summed E-state index contributed by atoms with van der Waals surface area (Å²) in [5.74, 6) is -0.648. The first-order valence-corrected chi connectivity index (χ1v) is 6.64. The minimum Gasteiger partial charge on any atom is -0.515 e. The molecule has 0 amide bonds. The van der Waals surface area contributed by atoms with Gasteiger partial charge in [0.05, 0.1) is 19.5 Å². The van der Waals surface area contributed by atoms with E-state index in [1.165, 1.54) is 24.3 Å². The van der Waals surface area contributed by atoms with Crippen LogP contribution in [0.15, 0.2) is 36.1 Å². The predicted octanol–water partition coefficient (Wildman–Crippen LogP) is 2.17. The second-order valence-corrected chi connectivity index (χ2v) is 4.69. The maximum atomic E-state index is 12.8. The Bertz CT molecular complexity index is 478. The van der Waals surface area contributed by atoms with Crippen molar-refractivity contribution in [3.05, 3.63) is 47.5 Å². The number of aliphatic hydroxyl groups excluding tert-OH is 1. The van der Waals surface area contributed by atoms with Gasteiger partial charge in [0, 0.05) is 30.8 Å². The Balaban J connectivity index is 1.94. The Kier molecular flexibility index (Phi) is 5.26. The highest BCUT2D eigenvalue weighted by Gasteiger charge is 2.16. The average Bonchev–Trinajstić information content (AvgIpc) is 2.49. The van der Waals surface area contributed by atoms with Crippen LogP contribution in [0.2, 0.25) is 0 Å². The van der Waals surface area contributed by atoms with Gasteiger partial charge >= 0.3 is 0 Å². The van der Waals surface area contributed by atoms with Gasteiger partial charge in [0.1, 0.15) is 5.82 Å². The second-order valence-electron chi connectivity index (χ2n) is 4.69. The third kappa shape index (κ3) is 3.88. The number of hydrogen-bond acceptors (Lipinski definition) is 4. The number of rotatable bonds is 5. The molecule has 1 aliphatic rings. The maximum absolute atomic E-state index is 12.8. The van der Waals surface area contributed by atoms with Gasteiger partial charge in [-0.05, 0) is 30.7 Å². The standard InChI is InChI=1S/C15H18FNO3/c16-14-3-1-12(2-4-14)15(19)13(11-18)5-6-17-7-9-20-10-8-17/h1-4,11,18H,5-10H2/b13-11+. The number of aliphatic hydroxyl groups is 1. The van der Waals surface area contributed by atoms with Crippen molar-refractivity contribution in [2.45, 2.75) is 6.42 Å². The summed E-state index contributed by atoms with van der Waals surface area (Å²) in [4.78, 5) is 14.4. The van der Waals surface area contributed by atoms with E-state index < -0.39 is 0 Å². The molecule has 0 bridgehead atoms. The minimum atomic E-state index is -0.385. The Morgan fingerprint density at radius 3 is 2.55 bits per heavy atom. The first kappa shape index (κ1) is 14.7. The summed E-state index contributed by atoms with van der Waals surface area (Å²) in [6.07, 6.45) is 1.32. The van der Waals surface area contributed by atoms with Crippen LogP contribution in [0.4, 0.5) is 4.39 Å². The van der Waals surface area contributed by atoms with E-state index in [1.807, 2.05) is 0 Å². The first-order chi connectivity index (χ1) is 9.70. The highest BCUT2D eigenvalue weighted by molar-refractivity contribution is 6.08. The second kappa shape index (κ2) is 7.17. The van der Waals surface area contributed by atoms with Crippen LogP contribution in [0.25, 0.3) is 0 Å². The van der Waals surface area contributed by atoms with Crippen LogP contribution in [-0.4, -0.2) is 48.6 Å². The summed E-state index contributed by atoms with van der Waals surface area (Å²) in [5, 5.41) is 9.24. The number of nitrogens with zero attached hydrogens (tertiary/aromatic N) is 1. The fourth-order valence-corrected chi connectivity index (χ4v) is 2.13. The van der Waals surface area contributed by atoms with Crippen LogP contribution in [-0.2, 0) is 4.74 Å². The van der Waals surface area contributed by atoms with Crippen LogP contribution >= 0.6 is 0 Å². The largest absolute Gasteiger partial charge is 0.515 e. The fourth-order valence-electron chi connectivity index (χ4n) is 2.13. The molecule has 1 aliphatic heterocycles. The molecule has 0 aromatic heterocycles. The molecule has 4 nitrogen and oxygen atoms in total. The van der Waals surface area contributed by atoms with Crippen LogP contribution in [0.3, 0.4) is 0 Å². The van der Waals surface area contributed by atoms with E-state index in [9.17, 15) is 14.3 Å². The number of halogens is 1. The summed E-state index contributed by atoms with van der Waals surface area (Å²) in [6.45, 7) is 3.77. The molecule has 0 atom stereocenters. The first-order valence-electron chi connectivity index (χ1n) is 6.64. The molecule has 0 aliphatic carbocycles. The Hall–Kier alpha value is -1.72. The Labute approximate surface area is 117 Å².